The Morgan fingerprint density at radius 1 is 1.36 bits per heavy atom. The molecule has 0 radical (unpaired) electrons. The van der Waals surface area contributed by atoms with Gasteiger partial charge < -0.3 is 4.74 Å². The number of aldehydes is 1. The summed E-state index contributed by atoms with van der Waals surface area (Å²) >= 11 is 0. The van der Waals surface area contributed by atoms with Crippen LogP contribution in [0.15, 0.2) is 6.07 Å². The standard InChI is InChI=1S/C10H8F2O2/c11-8-7(5-13)4-6-2-1-3-14-10(6)9(8)12/h4-5H,1-3H2. The van der Waals surface area contributed by atoms with E-state index in [-0.39, 0.29) is 11.3 Å². The highest BCUT2D eigenvalue weighted by molar-refractivity contribution is 5.76. The van der Waals surface area contributed by atoms with Crippen molar-refractivity contribution in [3.05, 3.63) is 28.8 Å². The van der Waals surface area contributed by atoms with Crippen molar-refractivity contribution >= 4 is 6.29 Å². The van der Waals surface area contributed by atoms with E-state index in [4.69, 9.17) is 4.74 Å². The molecule has 4 heteroatoms. The molecule has 74 valence electrons. The van der Waals surface area contributed by atoms with Gasteiger partial charge in [0.2, 0.25) is 5.82 Å². The van der Waals surface area contributed by atoms with Crippen LogP contribution in [-0.4, -0.2) is 12.9 Å². The molecule has 0 saturated heterocycles. The van der Waals surface area contributed by atoms with Gasteiger partial charge in [0.15, 0.2) is 17.9 Å². The van der Waals surface area contributed by atoms with Crippen molar-refractivity contribution in [1.29, 1.82) is 0 Å². The van der Waals surface area contributed by atoms with Gasteiger partial charge in [0.25, 0.3) is 0 Å². The van der Waals surface area contributed by atoms with E-state index < -0.39 is 11.6 Å². The molecule has 0 unspecified atom stereocenters. The van der Waals surface area contributed by atoms with Crippen molar-refractivity contribution in [2.75, 3.05) is 6.61 Å². The van der Waals surface area contributed by atoms with E-state index in [1.54, 1.807) is 0 Å². The first kappa shape index (κ1) is 9.12. The van der Waals surface area contributed by atoms with Crippen LogP contribution in [0.25, 0.3) is 0 Å². The van der Waals surface area contributed by atoms with Gasteiger partial charge in [0, 0.05) is 0 Å². The maximum Gasteiger partial charge on any atom is 0.201 e. The number of rotatable bonds is 1. The minimum atomic E-state index is -1.12. The van der Waals surface area contributed by atoms with Gasteiger partial charge >= 0.3 is 0 Å². The highest BCUT2D eigenvalue weighted by Crippen LogP contribution is 2.31. The Labute approximate surface area is 79.5 Å². The third-order valence-corrected chi connectivity index (χ3v) is 2.23. The summed E-state index contributed by atoms with van der Waals surface area (Å²) in [6.07, 6.45) is 1.69. The monoisotopic (exact) mass is 198 g/mol. The van der Waals surface area contributed by atoms with E-state index in [1.807, 2.05) is 0 Å². The van der Waals surface area contributed by atoms with Crippen molar-refractivity contribution in [2.24, 2.45) is 0 Å². The second-order valence-electron chi connectivity index (χ2n) is 3.15. The summed E-state index contributed by atoms with van der Waals surface area (Å²) in [5.41, 5.74) is 0.323. The molecule has 0 atom stereocenters. The van der Waals surface area contributed by atoms with Crippen molar-refractivity contribution in [3.8, 4) is 5.75 Å². The lowest BCUT2D eigenvalue weighted by molar-refractivity contribution is 0.111. The van der Waals surface area contributed by atoms with Gasteiger partial charge in [-0.3, -0.25) is 4.79 Å². The number of carbonyl (C=O) groups is 1. The zero-order valence-corrected chi connectivity index (χ0v) is 7.35. The Balaban J connectivity index is 2.62. The lowest BCUT2D eigenvalue weighted by Gasteiger charge is -2.18. The molecule has 2 rings (SSSR count). The Kier molecular flexibility index (Phi) is 2.19. The van der Waals surface area contributed by atoms with Crippen LogP contribution >= 0.6 is 0 Å². The van der Waals surface area contributed by atoms with Crippen LogP contribution in [0.4, 0.5) is 8.78 Å². The third-order valence-electron chi connectivity index (χ3n) is 2.23. The van der Waals surface area contributed by atoms with Gasteiger partial charge in [-0.05, 0) is 24.5 Å². The summed E-state index contributed by atoms with van der Waals surface area (Å²) < 4.78 is 31.4. The van der Waals surface area contributed by atoms with E-state index in [1.165, 1.54) is 6.07 Å². The highest BCUT2D eigenvalue weighted by Gasteiger charge is 2.21. The van der Waals surface area contributed by atoms with Crippen LogP contribution in [0, 0.1) is 11.6 Å². The quantitative estimate of drug-likeness (QED) is 0.646. The molecule has 1 aromatic carbocycles. The van der Waals surface area contributed by atoms with E-state index in [0.717, 1.165) is 6.42 Å². The Bertz CT molecular complexity index is 388. The fourth-order valence-electron chi connectivity index (χ4n) is 1.55. The molecule has 0 N–H and O–H groups in total. The summed E-state index contributed by atoms with van der Waals surface area (Å²) in [5.74, 6) is -2.22. The number of aryl methyl sites for hydroxylation is 1. The Morgan fingerprint density at radius 2 is 2.14 bits per heavy atom. The molecule has 0 spiro atoms. The van der Waals surface area contributed by atoms with Crippen LogP contribution in [0.2, 0.25) is 0 Å². The molecule has 1 aliphatic rings. The Hall–Kier alpha value is -1.45. The number of ether oxygens (including phenoxy) is 1. The largest absolute Gasteiger partial charge is 0.490 e. The predicted octanol–water partition coefficient (Wildman–Crippen LogP) is 2.10. The van der Waals surface area contributed by atoms with Crippen LogP contribution in [-0.2, 0) is 6.42 Å². The van der Waals surface area contributed by atoms with Crippen molar-refractivity contribution < 1.29 is 18.3 Å². The van der Waals surface area contributed by atoms with Crippen molar-refractivity contribution in [1.82, 2.24) is 0 Å². The van der Waals surface area contributed by atoms with Crippen molar-refractivity contribution in [3.63, 3.8) is 0 Å². The summed E-state index contributed by atoms with van der Waals surface area (Å²) in [6, 6.07) is 1.35. The van der Waals surface area contributed by atoms with Gasteiger partial charge in [-0.1, -0.05) is 0 Å². The average Bonchev–Trinajstić information content (AvgIpc) is 2.23. The minimum Gasteiger partial charge on any atom is -0.490 e. The van der Waals surface area contributed by atoms with Gasteiger partial charge in [-0.25, -0.2) is 4.39 Å². The first-order chi connectivity index (χ1) is 6.74. The Morgan fingerprint density at radius 3 is 2.86 bits per heavy atom. The number of fused-ring (bicyclic) bond motifs is 1. The number of halogens is 2. The fourth-order valence-corrected chi connectivity index (χ4v) is 1.55. The van der Waals surface area contributed by atoms with E-state index in [9.17, 15) is 13.6 Å². The molecule has 2 nitrogen and oxygen atoms in total. The molecule has 0 aromatic heterocycles. The van der Waals surface area contributed by atoms with Gasteiger partial charge in [-0.15, -0.1) is 0 Å². The van der Waals surface area contributed by atoms with Gasteiger partial charge in [0.05, 0.1) is 12.2 Å². The van der Waals surface area contributed by atoms with Gasteiger partial charge in [-0.2, -0.15) is 4.39 Å². The first-order valence-corrected chi connectivity index (χ1v) is 4.33. The second-order valence-corrected chi connectivity index (χ2v) is 3.15. The maximum absolute atomic E-state index is 13.3. The molecule has 0 amide bonds. The van der Waals surface area contributed by atoms with Gasteiger partial charge in [0.1, 0.15) is 0 Å². The third kappa shape index (κ3) is 1.27. The normalized spacial score (nSPS) is 14.4. The summed E-state index contributed by atoms with van der Waals surface area (Å²) in [4.78, 5) is 10.4. The lowest BCUT2D eigenvalue weighted by Crippen LogP contribution is -2.12. The molecular formula is C10H8F2O2. The van der Waals surface area contributed by atoms with E-state index >= 15 is 0 Å². The van der Waals surface area contributed by atoms with Crippen molar-refractivity contribution in [2.45, 2.75) is 12.8 Å². The van der Waals surface area contributed by atoms with E-state index in [0.29, 0.717) is 24.9 Å². The zero-order chi connectivity index (χ0) is 10.1. The second kappa shape index (κ2) is 3.36. The SMILES string of the molecule is O=Cc1cc2c(c(F)c1F)OCCC2. The van der Waals surface area contributed by atoms with Crippen LogP contribution < -0.4 is 4.74 Å². The van der Waals surface area contributed by atoms with E-state index in [2.05, 4.69) is 0 Å². The molecular weight excluding hydrogens is 190 g/mol. The van der Waals surface area contributed by atoms with Crippen LogP contribution in [0.5, 0.6) is 5.75 Å². The predicted molar refractivity (Wildman–Crippen MR) is 45.6 cm³/mol. The average molecular weight is 198 g/mol. The zero-order valence-electron chi connectivity index (χ0n) is 7.35. The molecule has 1 heterocycles. The lowest BCUT2D eigenvalue weighted by atomic mass is 10.0. The number of hydrogen-bond donors (Lipinski definition) is 0. The topological polar surface area (TPSA) is 26.3 Å². The number of carbonyl (C=O) groups excluding carboxylic acids is 1. The first-order valence-electron chi connectivity index (χ1n) is 4.33. The van der Waals surface area contributed by atoms with Crippen LogP contribution in [0.3, 0.4) is 0 Å². The van der Waals surface area contributed by atoms with Crippen LogP contribution in [0.1, 0.15) is 22.3 Å². The molecule has 1 aromatic rings. The molecule has 0 bridgehead atoms. The molecule has 0 aliphatic carbocycles. The minimum absolute atomic E-state index is 0.0423. The molecule has 14 heavy (non-hydrogen) atoms. The summed E-state index contributed by atoms with van der Waals surface area (Å²) in [5, 5.41) is 0. The smallest absolute Gasteiger partial charge is 0.201 e. The number of hydrogen-bond acceptors (Lipinski definition) is 2. The molecule has 0 fully saturated rings. The fraction of sp³-hybridized carbons (Fsp3) is 0.300. The summed E-state index contributed by atoms with van der Waals surface area (Å²) in [6.45, 7) is 0.393. The summed E-state index contributed by atoms with van der Waals surface area (Å²) in [7, 11) is 0. The molecule has 1 aliphatic heterocycles. The molecule has 0 saturated carbocycles. The number of benzene rings is 1. The highest BCUT2D eigenvalue weighted by atomic mass is 19.2. The maximum atomic E-state index is 13.3.